The van der Waals surface area contributed by atoms with Crippen LogP contribution < -0.4 is 10.1 Å². The molecule has 8 nitrogen and oxygen atoms in total. The molecule has 8 heteroatoms. The molecule has 0 aromatic heterocycles. The molecule has 172 valence electrons. The molecule has 1 fully saturated rings. The second-order valence-corrected chi connectivity index (χ2v) is 8.43. The van der Waals surface area contributed by atoms with E-state index < -0.39 is 36.4 Å². The maximum atomic E-state index is 12.9. The lowest BCUT2D eigenvalue weighted by atomic mass is 9.85. The first kappa shape index (κ1) is 23.5. The third kappa shape index (κ3) is 5.18. The zero-order chi connectivity index (χ0) is 23.3. The van der Waals surface area contributed by atoms with Crippen LogP contribution in [0.5, 0.6) is 5.75 Å². The van der Waals surface area contributed by atoms with E-state index in [0.717, 1.165) is 4.90 Å². The fourth-order valence-corrected chi connectivity index (χ4v) is 4.16. The second-order valence-electron chi connectivity index (χ2n) is 8.43. The number of carbonyl (C=O) groups excluding carboxylic acids is 4. The summed E-state index contributed by atoms with van der Waals surface area (Å²) in [5.74, 6) is -2.24. The zero-order valence-corrected chi connectivity index (χ0v) is 18.7. The smallest absolute Gasteiger partial charge is 0.329 e. The maximum absolute atomic E-state index is 12.9. The molecule has 1 aliphatic heterocycles. The van der Waals surface area contributed by atoms with Crippen molar-refractivity contribution in [3.8, 4) is 5.75 Å². The van der Waals surface area contributed by atoms with E-state index in [-0.39, 0.29) is 24.2 Å². The minimum Gasteiger partial charge on any atom is -0.492 e. The van der Waals surface area contributed by atoms with Gasteiger partial charge in [-0.25, -0.2) is 4.79 Å². The summed E-state index contributed by atoms with van der Waals surface area (Å²) in [7, 11) is 0. The number of para-hydroxylation sites is 2. The molecular weight excluding hydrogens is 412 g/mol. The largest absolute Gasteiger partial charge is 0.492 e. The van der Waals surface area contributed by atoms with Crippen LogP contribution in [0.25, 0.3) is 0 Å². The van der Waals surface area contributed by atoms with Gasteiger partial charge in [-0.1, -0.05) is 38.1 Å². The van der Waals surface area contributed by atoms with Crippen molar-refractivity contribution < 1.29 is 28.7 Å². The van der Waals surface area contributed by atoms with Gasteiger partial charge < -0.3 is 14.8 Å². The van der Waals surface area contributed by atoms with Crippen molar-refractivity contribution in [3.05, 3.63) is 36.4 Å². The van der Waals surface area contributed by atoms with Gasteiger partial charge >= 0.3 is 5.97 Å². The minimum atomic E-state index is -1.04. The molecular formula is C24H30N2O6. The molecule has 0 radical (unpaired) electrons. The fraction of sp³-hybridized carbons (Fsp3) is 0.500. The summed E-state index contributed by atoms with van der Waals surface area (Å²) in [5.41, 5.74) is 0.468. The molecule has 1 aliphatic carbocycles. The Kier molecular flexibility index (Phi) is 7.66. The highest BCUT2D eigenvalue weighted by atomic mass is 16.5. The highest BCUT2D eigenvalue weighted by Crippen LogP contribution is 2.37. The van der Waals surface area contributed by atoms with Gasteiger partial charge in [-0.3, -0.25) is 19.3 Å². The van der Waals surface area contributed by atoms with Crippen LogP contribution in [-0.4, -0.2) is 47.8 Å². The third-order valence-electron chi connectivity index (χ3n) is 5.63. The normalized spacial score (nSPS) is 20.8. The summed E-state index contributed by atoms with van der Waals surface area (Å²) >= 11 is 0. The second kappa shape index (κ2) is 10.4. The third-order valence-corrected chi connectivity index (χ3v) is 5.63. The Morgan fingerprint density at radius 2 is 1.72 bits per heavy atom. The van der Waals surface area contributed by atoms with Gasteiger partial charge in [0.1, 0.15) is 11.8 Å². The number of allylic oxidation sites excluding steroid dienone is 2. The van der Waals surface area contributed by atoms with Gasteiger partial charge in [0.15, 0.2) is 6.61 Å². The molecule has 1 N–H and O–H groups in total. The fourth-order valence-electron chi connectivity index (χ4n) is 4.16. The summed E-state index contributed by atoms with van der Waals surface area (Å²) < 4.78 is 10.7. The molecule has 0 spiro atoms. The van der Waals surface area contributed by atoms with E-state index in [4.69, 9.17) is 9.47 Å². The number of hydrogen-bond donors (Lipinski definition) is 1. The van der Waals surface area contributed by atoms with Crippen molar-refractivity contribution in [2.24, 2.45) is 17.8 Å². The van der Waals surface area contributed by atoms with Crippen LogP contribution in [0, 0.1) is 17.8 Å². The van der Waals surface area contributed by atoms with Crippen molar-refractivity contribution in [2.45, 2.75) is 46.1 Å². The number of amides is 3. The number of carbonyl (C=O) groups is 4. The number of anilines is 1. The number of rotatable bonds is 9. The van der Waals surface area contributed by atoms with E-state index in [0.29, 0.717) is 30.9 Å². The van der Waals surface area contributed by atoms with Crippen LogP contribution in [0.15, 0.2) is 36.4 Å². The van der Waals surface area contributed by atoms with Crippen LogP contribution in [0.1, 0.15) is 40.0 Å². The van der Waals surface area contributed by atoms with E-state index >= 15 is 0 Å². The van der Waals surface area contributed by atoms with Crippen molar-refractivity contribution in [1.29, 1.82) is 0 Å². The number of benzene rings is 1. The lowest BCUT2D eigenvalue weighted by Crippen LogP contribution is -2.47. The molecule has 1 aromatic rings. The highest BCUT2D eigenvalue weighted by molar-refractivity contribution is 6.08. The number of nitrogens with one attached hydrogen (secondary N) is 1. The van der Waals surface area contributed by atoms with E-state index in [9.17, 15) is 19.2 Å². The average molecular weight is 443 g/mol. The Morgan fingerprint density at radius 3 is 2.31 bits per heavy atom. The topological polar surface area (TPSA) is 102 Å². The number of imide groups is 1. The summed E-state index contributed by atoms with van der Waals surface area (Å²) in [6.07, 6.45) is 5.07. The summed E-state index contributed by atoms with van der Waals surface area (Å²) in [4.78, 5) is 52.2. The standard InChI is InChI=1S/C24H30N2O6/c1-4-31-20-12-8-7-11-18(20)25-21(27)14-32-24(30)19(13-15(2)3)26-22(28)16-9-5-6-10-17(16)23(26)29/h5-8,11-12,15-17,19H,4,9-10,13-14H2,1-3H3,(H,25,27)/t16-,17-,19-/m0/s1. The van der Waals surface area contributed by atoms with Gasteiger partial charge in [0, 0.05) is 0 Å². The van der Waals surface area contributed by atoms with Gasteiger partial charge in [0.2, 0.25) is 11.8 Å². The van der Waals surface area contributed by atoms with E-state index in [1.54, 1.807) is 24.3 Å². The summed E-state index contributed by atoms with van der Waals surface area (Å²) in [6.45, 7) is 5.55. The number of likely N-dealkylation sites (tertiary alicyclic amines) is 1. The molecule has 0 unspecified atom stereocenters. The minimum absolute atomic E-state index is 0.0424. The highest BCUT2D eigenvalue weighted by Gasteiger charge is 2.51. The lowest BCUT2D eigenvalue weighted by Gasteiger charge is -2.26. The van der Waals surface area contributed by atoms with E-state index in [1.165, 1.54) is 0 Å². The molecule has 32 heavy (non-hydrogen) atoms. The van der Waals surface area contributed by atoms with E-state index in [2.05, 4.69) is 5.32 Å². The Hall–Kier alpha value is -3.16. The molecule has 1 heterocycles. The van der Waals surface area contributed by atoms with Crippen molar-refractivity contribution >= 4 is 29.4 Å². The van der Waals surface area contributed by atoms with Crippen LogP contribution in [0.4, 0.5) is 5.69 Å². The van der Waals surface area contributed by atoms with Crippen molar-refractivity contribution in [3.63, 3.8) is 0 Å². The van der Waals surface area contributed by atoms with Gasteiger partial charge in [0.05, 0.1) is 24.1 Å². The van der Waals surface area contributed by atoms with Crippen molar-refractivity contribution in [1.82, 2.24) is 4.90 Å². The van der Waals surface area contributed by atoms with Gasteiger partial charge in [-0.05, 0) is 44.2 Å². The predicted octanol–water partition coefficient (Wildman–Crippen LogP) is 2.93. The molecule has 3 rings (SSSR count). The Morgan fingerprint density at radius 1 is 1.09 bits per heavy atom. The molecule has 3 amide bonds. The van der Waals surface area contributed by atoms with Crippen LogP contribution in [0.2, 0.25) is 0 Å². The number of ether oxygens (including phenoxy) is 2. The van der Waals surface area contributed by atoms with Gasteiger partial charge in [-0.2, -0.15) is 0 Å². The van der Waals surface area contributed by atoms with Gasteiger partial charge in [-0.15, -0.1) is 0 Å². The SMILES string of the molecule is CCOc1ccccc1NC(=O)COC(=O)[C@H](CC(C)C)N1C(=O)[C@H]2CC=CC[C@@H]2C1=O. The Balaban J connectivity index is 1.66. The lowest BCUT2D eigenvalue weighted by molar-refractivity contribution is -0.160. The molecule has 0 saturated carbocycles. The van der Waals surface area contributed by atoms with E-state index in [1.807, 2.05) is 32.9 Å². The van der Waals surface area contributed by atoms with Gasteiger partial charge in [0.25, 0.3) is 5.91 Å². The number of nitrogens with zero attached hydrogens (tertiary/aromatic N) is 1. The summed E-state index contributed by atoms with van der Waals surface area (Å²) in [5, 5.41) is 2.66. The number of fused-ring (bicyclic) bond motifs is 1. The van der Waals surface area contributed by atoms with Crippen LogP contribution in [0.3, 0.4) is 0 Å². The molecule has 1 aromatic carbocycles. The molecule has 3 atom stereocenters. The van der Waals surface area contributed by atoms with Crippen molar-refractivity contribution in [2.75, 3.05) is 18.5 Å². The van der Waals surface area contributed by atoms with Crippen LogP contribution >= 0.6 is 0 Å². The zero-order valence-electron chi connectivity index (χ0n) is 18.7. The monoisotopic (exact) mass is 442 g/mol. The molecule has 2 aliphatic rings. The first-order valence-electron chi connectivity index (χ1n) is 11.0. The quantitative estimate of drug-likeness (QED) is 0.358. The first-order chi connectivity index (χ1) is 15.3. The first-order valence-corrected chi connectivity index (χ1v) is 11.0. The van der Waals surface area contributed by atoms with Crippen LogP contribution in [-0.2, 0) is 23.9 Å². The number of esters is 1. The molecule has 0 bridgehead atoms. The predicted molar refractivity (Wildman–Crippen MR) is 118 cm³/mol. The Labute approximate surface area is 187 Å². The Bertz CT molecular complexity index is 884. The summed E-state index contributed by atoms with van der Waals surface area (Å²) in [6, 6.07) is 5.91. The average Bonchev–Trinajstić information content (AvgIpc) is 3.02. The maximum Gasteiger partial charge on any atom is 0.329 e. The molecule has 1 saturated heterocycles. The number of hydrogen-bond acceptors (Lipinski definition) is 6.